The number of carbonyl (C=O) groups excluding carboxylic acids is 1. The number of aromatic nitrogens is 2. The molecule has 146 valence electrons. The van der Waals surface area contributed by atoms with E-state index in [1.807, 2.05) is 35.7 Å². The lowest BCUT2D eigenvalue weighted by molar-refractivity contribution is 0.0627. The standard InChI is InChI=1S/C17H24N4O2S.2ClH/c1-12(18)13-4-3-8-21(10-13)16(22)15-6-5-14(23-15)11-24-17-19-7-9-20(17)2;;/h5-7,9,12-13H,3-4,8,10-11,18H2,1-2H3;2*1H. The first-order valence-corrected chi connectivity index (χ1v) is 9.27. The van der Waals surface area contributed by atoms with Crippen LogP contribution in [0.15, 0.2) is 34.1 Å². The van der Waals surface area contributed by atoms with Crippen LogP contribution < -0.4 is 5.73 Å². The van der Waals surface area contributed by atoms with Gasteiger partial charge in [-0.05, 0) is 37.8 Å². The highest BCUT2D eigenvalue weighted by molar-refractivity contribution is 7.98. The molecule has 2 N–H and O–H groups in total. The summed E-state index contributed by atoms with van der Waals surface area (Å²) in [7, 11) is 1.96. The number of hydrogen-bond donors (Lipinski definition) is 1. The number of piperidine rings is 1. The summed E-state index contributed by atoms with van der Waals surface area (Å²) >= 11 is 1.59. The number of hydrogen-bond acceptors (Lipinski definition) is 5. The maximum absolute atomic E-state index is 12.6. The van der Waals surface area contributed by atoms with Gasteiger partial charge in [0, 0.05) is 38.6 Å². The first kappa shape index (κ1) is 22.9. The molecule has 0 spiro atoms. The Balaban J connectivity index is 0.00000169. The van der Waals surface area contributed by atoms with Crippen LogP contribution in [-0.2, 0) is 12.8 Å². The summed E-state index contributed by atoms with van der Waals surface area (Å²) in [5, 5.41) is 0.926. The van der Waals surface area contributed by atoms with Crippen molar-refractivity contribution in [3.63, 3.8) is 0 Å². The molecule has 26 heavy (non-hydrogen) atoms. The van der Waals surface area contributed by atoms with E-state index in [9.17, 15) is 4.79 Å². The molecule has 6 nitrogen and oxygen atoms in total. The number of rotatable bonds is 5. The summed E-state index contributed by atoms with van der Waals surface area (Å²) in [4.78, 5) is 18.8. The summed E-state index contributed by atoms with van der Waals surface area (Å²) in [6.45, 7) is 3.51. The van der Waals surface area contributed by atoms with Crippen LogP contribution in [-0.4, -0.2) is 39.5 Å². The zero-order chi connectivity index (χ0) is 17.1. The monoisotopic (exact) mass is 420 g/mol. The van der Waals surface area contributed by atoms with Gasteiger partial charge in [0.05, 0.1) is 5.75 Å². The molecule has 0 saturated carbocycles. The van der Waals surface area contributed by atoms with Crippen molar-refractivity contribution in [2.24, 2.45) is 18.7 Å². The highest BCUT2D eigenvalue weighted by atomic mass is 35.5. The second-order valence-corrected chi connectivity index (χ2v) is 7.33. The van der Waals surface area contributed by atoms with E-state index in [1.165, 1.54) is 0 Å². The van der Waals surface area contributed by atoms with E-state index < -0.39 is 0 Å². The summed E-state index contributed by atoms with van der Waals surface area (Å²) in [6, 6.07) is 3.75. The van der Waals surface area contributed by atoms with E-state index >= 15 is 0 Å². The zero-order valence-electron chi connectivity index (χ0n) is 15.0. The summed E-state index contributed by atoms with van der Waals surface area (Å²) < 4.78 is 7.71. The Kier molecular flexibility index (Phi) is 9.03. The maximum atomic E-state index is 12.6. The summed E-state index contributed by atoms with van der Waals surface area (Å²) in [5.41, 5.74) is 6.00. The highest BCUT2D eigenvalue weighted by Crippen LogP contribution is 2.24. The number of aryl methyl sites for hydroxylation is 1. The maximum Gasteiger partial charge on any atom is 0.289 e. The van der Waals surface area contributed by atoms with Crippen LogP contribution in [0.2, 0.25) is 0 Å². The van der Waals surface area contributed by atoms with Gasteiger partial charge in [-0.2, -0.15) is 0 Å². The van der Waals surface area contributed by atoms with E-state index in [1.54, 1.807) is 24.0 Å². The minimum atomic E-state index is -0.0337. The lowest BCUT2D eigenvalue weighted by Gasteiger charge is -2.34. The number of imidazole rings is 1. The first-order valence-electron chi connectivity index (χ1n) is 8.28. The molecular weight excluding hydrogens is 395 g/mol. The number of carbonyl (C=O) groups is 1. The third-order valence-corrected chi connectivity index (χ3v) is 5.56. The molecule has 1 saturated heterocycles. The molecule has 1 amide bonds. The summed E-state index contributed by atoms with van der Waals surface area (Å²) in [5.74, 6) is 2.19. The molecule has 0 aliphatic carbocycles. The Labute approximate surface area is 170 Å². The van der Waals surface area contributed by atoms with Crippen LogP contribution in [0.1, 0.15) is 36.1 Å². The van der Waals surface area contributed by atoms with Gasteiger partial charge in [0.1, 0.15) is 5.76 Å². The van der Waals surface area contributed by atoms with Crippen LogP contribution in [0.25, 0.3) is 0 Å². The minimum Gasteiger partial charge on any atom is -0.455 e. The van der Waals surface area contributed by atoms with E-state index in [0.29, 0.717) is 24.0 Å². The number of likely N-dealkylation sites (tertiary alicyclic amines) is 1. The normalized spacial score (nSPS) is 18.0. The SMILES string of the molecule is CC(N)C1CCCN(C(=O)c2ccc(CSc3nccn3C)o2)C1.Cl.Cl. The molecule has 3 rings (SSSR count). The van der Waals surface area contributed by atoms with Gasteiger partial charge in [0.25, 0.3) is 5.91 Å². The van der Waals surface area contributed by atoms with Gasteiger partial charge in [0.2, 0.25) is 0 Å². The van der Waals surface area contributed by atoms with Crippen LogP contribution in [0.3, 0.4) is 0 Å². The van der Waals surface area contributed by atoms with Gasteiger partial charge in [-0.3, -0.25) is 4.79 Å². The van der Waals surface area contributed by atoms with Crippen LogP contribution in [0, 0.1) is 5.92 Å². The molecule has 1 aliphatic heterocycles. The molecule has 0 bridgehead atoms. The molecule has 0 radical (unpaired) electrons. The predicted octanol–water partition coefficient (Wildman–Crippen LogP) is 3.35. The topological polar surface area (TPSA) is 77.3 Å². The largest absolute Gasteiger partial charge is 0.455 e. The van der Waals surface area contributed by atoms with Crippen LogP contribution in [0.5, 0.6) is 0 Å². The fourth-order valence-corrected chi connectivity index (χ4v) is 3.80. The molecule has 2 unspecified atom stereocenters. The van der Waals surface area contributed by atoms with E-state index in [-0.39, 0.29) is 36.8 Å². The Hall–Kier alpha value is -1.15. The molecule has 1 aliphatic rings. The molecule has 3 heterocycles. The fourth-order valence-electron chi connectivity index (χ4n) is 2.98. The minimum absolute atomic E-state index is 0. The first-order chi connectivity index (χ1) is 11.5. The second-order valence-electron chi connectivity index (χ2n) is 6.39. The number of furan rings is 1. The van der Waals surface area contributed by atoms with Gasteiger partial charge in [-0.15, -0.1) is 24.8 Å². The Morgan fingerprint density at radius 3 is 2.88 bits per heavy atom. The molecule has 2 aromatic heterocycles. The Morgan fingerprint density at radius 2 is 2.23 bits per heavy atom. The molecule has 2 aromatic rings. The van der Waals surface area contributed by atoms with Crippen LogP contribution >= 0.6 is 36.6 Å². The summed E-state index contributed by atoms with van der Waals surface area (Å²) in [6.07, 6.45) is 5.76. The van der Waals surface area contributed by atoms with Crippen LogP contribution in [0.4, 0.5) is 0 Å². The quantitative estimate of drug-likeness (QED) is 0.750. The van der Waals surface area contributed by atoms with Crippen molar-refractivity contribution in [3.05, 3.63) is 36.0 Å². The van der Waals surface area contributed by atoms with Gasteiger partial charge in [0.15, 0.2) is 10.9 Å². The van der Waals surface area contributed by atoms with E-state index in [4.69, 9.17) is 10.2 Å². The lowest BCUT2D eigenvalue weighted by Crippen LogP contribution is -2.44. The number of nitrogens with zero attached hydrogens (tertiary/aromatic N) is 3. The lowest BCUT2D eigenvalue weighted by atomic mass is 9.92. The molecule has 0 aromatic carbocycles. The zero-order valence-corrected chi connectivity index (χ0v) is 17.4. The average molecular weight is 421 g/mol. The van der Waals surface area contributed by atoms with Gasteiger partial charge in [-0.1, -0.05) is 11.8 Å². The number of thioether (sulfide) groups is 1. The smallest absolute Gasteiger partial charge is 0.289 e. The fraction of sp³-hybridized carbons (Fsp3) is 0.529. The molecule has 9 heteroatoms. The van der Waals surface area contributed by atoms with Crippen molar-refractivity contribution in [1.82, 2.24) is 14.5 Å². The van der Waals surface area contributed by atoms with Crippen molar-refractivity contribution < 1.29 is 9.21 Å². The van der Waals surface area contributed by atoms with Crippen molar-refractivity contribution in [1.29, 1.82) is 0 Å². The molecular formula is C17H26Cl2N4O2S. The molecule has 1 fully saturated rings. The number of amides is 1. The number of nitrogens with two attached hydrogens (primary N) is 1. The third kappa shape index (κ3) is 5.42. The third-order valence-electron chi connectivity index (χ3n) is 4.48. The van der Waals surface area contributed by atoms with Gasteiger partial charge < -0.3 is 19.6 Å². The van der Waals surface area contributed by atoms with Crippen molar-refractivity contribution in [2.75, 3.05) is 13.1 Å². The predicted molar refractivity (Wildman–Crippen MR) is 108 cm³/mol. The molecule has 2 atom stereocenters. The van der Waals surface area contributed by atoms with Gasteiger partial charge >= 0.3 is 0 Å². The second kappa shape index (κ2) is 10.3. The highest BCUT2D eigenvalue weighted by Gasteiger charge is 2.27. The Bertz CT molecular complexity index is 705. The number of halogens is 2. The Morgan fingerprint density at radius 1 is 1.46 bits per heavy atom. The van der Waals surface area contributed by atoms with Crippen molar-refractivity contribution in [3.8, 4) is 0 Å². The average Bonchev–Trinajstić information content (AvgIpc) is 3.21. The van der Waals surface area contributed by atoms with Gasteiger partial charge in [-0.25, -0.2) is 4.98 Å². The van der Waals surface area contributed by atoms with E-state index in [0.717, 1.165) is 30.3 Å². The van der Waals surface area contributed by atoms with Crippen molar-refractivity contribution in [2.45, 2.75) is 36.7 Å². The van der Waals surface area contributed by atoms with E-state index in [2.05, 4.69) is 4.98 Å². The van der Waals surface area contributed by atoms with Crippen molar-refractivity contribution >= 4 is 42.5 Å².